The standard InChI is InChI=1S/C20H25N3O6/c1-4-21-19(25)12-29-16-6-5-14(9-17(16)27-3)10-22-18(24)11-23-20(26)15-7-8-28-13(15)2/h5-9H,4,10-12H2,1-3H3,(H,21,25)(H,22,24)(H,23,26). The van der Waals surface area contributed by atoms with Crippen LogP contribution >= 0.6 is 0 Å². The molecule has 0 atom stereocenters. The highest BCUT2D eigenvalue weighted by Gasteiger charge is 2.13. The summed E-state index contributed by atoms with van der Waals surface area (Å²) in [7, 11) is 1.49. The van der Waals surface area contributed by atoms with Crippen molar-refractivity contribution < 1.29 is 28.3 Å². The van der Waals surface area contributed by atoms with E-state index >= 15 is 0 Å². The molecule has 0 radical (unpaired) electrons. The Kier molecular flexibility index (Phi) is 8.08. The van der Waals surface area contributed by atoms with Crippen molar-refractivity contribution in [3.8, 4) is 11.5 Å². The lowest BCUT2D eigenvalue weighted by Gasteiger charge is -2.12. The molecule has 2 aromatic rings. The topological polar surface area (TPSA) is 119 Å². The van der Waals surface area contributed by atoms with Crippen LogP contribution < -0.4 is 25.4 Å². The summed E-state index contributed by atoms with van der Waals surface area (Å²) in [5.74, 6) is 0.432. The monoisotopic (exact) mass is 403 g/mol. The van der Waals surface area contributed by atoms with E-state index in [0.29, 0.717) is 29.4 Å². The molecule has 29 heavy (non-hydrogen) atoms. The first kappa shape index (κ1) is 21.8. The summed E-state index contributed by atoms with van der Waals surface area (Å²) < 4.78 is 15.8. The minimum atomic E-state index is -0.373. The second kappa shape index (κ2) is 10.7. The van der Waals surface area contributed by atoms with E-state index in [-0.39, 0.29) is 37.4 Å². The van der Waals surface area contributed by atoms with Crippen LogP contribution in [-0.2, 0) is 16.1 Å². The number of rotatable bonds is 10. The van der Waals surface area contributed by atoms with Gasteiger partial charge < -0.3 is 29.8 Å². The van der Waals surface area contributed by atoms with Gasteiger partial charge in [-0.1, -0.05) is 6.07 Å². The third-order valence-corrected chi connectivity index (χ3v) is 3.96. The maximum atomic E-state index is 12.0. The fourth-order valence-corrected chi connectivity index (χ4v) is 2.47. The Morgan fingerprint density at radius 1 is 1.03 bits per heavy atom. The van der Waals surface area contributed by atoms with Crippen molar-refractivity contribution in [3.05, 3.63) is 47.4 Å². The molecule has 0 spiro atoms. The van der Waals surface area contributed by atoms with Gasteiger partial charge in [-0.25, -0.2) is 0 Å². The van der Waals surface area contributed by atoms with Crippen molar-refractivity contribution >= 4 is 17.7 Å². The number of hydrogen-bond acceptors (Lipinski definition) is 6. The van der Waals surface area contributed by atoms with E-state index in [9.17, 15) is 14.4 Å². The molecule has 3 amide bonds. The molecule has 156 valence electrons. The van der Waals surface area contributed by atoms with Crippen LogP contribution in [0.4, 0.5) is 0 Å². The van der Waals surface area contributed by atoms with Crippen molar-refractivity contribution in [2.75, 3.05) is 26.8 Å². The normalized spacial score (nSPS) is 10.2. The van der Waals surface area contributed by atoms with E-state index in [1.54, 1.807) is 31.2 Å². The van der Waals surface area contributed by atoms with E-state index < -0.39 is 0 Å². The number of ether oxygens (including phenoxy) is 2. The molecule has 0 aliphatic heterocycles. The van der Waals surface area contributed by atoms with E-state index in [0.717, 1.165) is 5.56 Å². The Morgan fingerprint density at radius 2 is 1.83 bits per heavy atom. The number of carbonyl (C=O) groups excluding carboxylic acids is 3. The minimum Gasteiger partial charge on any atom is -0.493 e. The van der Waals surface area contributed by atoms with E-state index in [4.69, 9.17) is 13.9 Å². The summed E-state index contributed by atoms with van der Waals surface area (Å²) in [4.78, 5) is 35.5. The van der Waals surface area contributed by atoms with E-state index in [1.165, 1.54) is 13.4 Å². The molecule has 0 aliphatic rings. The van der Waals surface area contributed by atoms with Crippen LogP contribution in [0.3, 0.4) is 0 Å². The highest BCUT2D eigenvalue weighted by atomic mass is 16.5. The molecule has 1 aromatic carbocycles. The molecule has 1 aromatic heterocycles. The summed E-state index contributed by atoms with van der Waals surface area (Å²) in [6.45, 7) is 3.99. The molecule has 0 unspecified atom stereocenters. The number of furan rings is 1. The van der Waals surface area contributed by atoms with Gasteiger partial charge in [0.05, 0.1) is 25.5 Å². The van der Waals surface area contributed by atoms with E-state index in [1.807, 2.05) is 6.92 Å². The van der Waals surface area contributed by atoms with Crippen LogP contribution in [0.2, 0.25) is 0 Å². The molecule has 3 N–H and O–H groups in total. The molecule has 1 heterocycles. The average molecular weight is 403 g/mol. The van der Waals surface area contributed by atoms with Gasteiger partial charge in [-0.3, -0.25) is 14.4 Å². The summed E-state index contributed by atoms with van der Waals surface area (Å²) in [6, 6.07) is 6.68. The number of hydrogen-bond donors (Lipinski definition) is 3. The Morgan fingerprint density at radius 3 is 2.48 bits per heavy atom. The Labute approximate surface area is 168 Å². The molecule has 0 fully saturated rings. The van der Waals surface area contributed by atoms with E-state index in [2.05, 4.69) is 16.0 Å². The second-order valence-corrected chi connectivity index (χ2v) is 6.08. The number of aryl methyl sites for hydroxylation is 1. The van der Waals surface area contributed by atoms with Gasteiger partial charge in [-0.2, -0.15) is 0 Å². The Hall–Kier alpha value is -3.49. The highest BCUT2D eigenvalue weighted by Crippen LogP contribution is 2.28. The van der Waals surface area contributed by atoms with Crippen molar-refractivity contribution in [1.29, 1.82) is 0 Å². The van der Waals surface area contributed by atoms with Crippen molar-refractivity contribution in [2.24, 2.45) is 0 Å². The van der Waals surface area contributed by atoms with Gasteiger partial charge >= 0.3 is 0 Å². The van der Waals surface area contributed by atoms with Crippen molar-refractivity contribution in [3.63, 3.8) is 0 Å². The Bertz CT molecular complexity index is 862. The lowest BCUT2D eigenvalue weighted by molar-refractivity contribution is -0.123. The first-order valence-electron chi connectivity index (χ1n) is 9.10. The van der Waals surface area contributed by atoms with Crippen LogP contribution in [0, 0.1) is 6.92 Å². The van der Waals surface area contributed by atoms with Gasteiger partial charge in [0.1, 0.15) is 5.76 Å². The zero-order valence-corrected chi connectivity index (χ0v) is 16.7. The van der Waals surface area contributed by atoms with Gasteiger partial charge in [0.15, 0.2) is 18.1 Å². The largest absolute Gasteiger partial charge is 0.493 e. The van der Waals surface area contributed by atoms with Crippen LogP contribution in [0.5, 0.6) is 11.5 Å². The second-order valence-electron chi connectivity index (χ2n) is 6.08. The SMILES string of the molecule is CCNC(=O)COc1ccc(CNC(=O)CNC(=O)c2ccoc2C)cc1OC. The van der Waals surface area contributed by atoms with Gasteiger partial charge in [0, 0.05) is 13.1 Å². The molecule has 0 bridgehead atoms. The fraction of sp³-hybridized carbons (Fsp3) is 0.350. The van der Waals surface area contributed by atoms with Crippen LogP contribution in [0.15, 0.2) is 34.9 Å². The van der Waals surface area contributed by atoms with Gasteiger partial charge in [-0.15, -0.1) is 0 Å². The zero-order valence-electron chi connectivity index (χ0n) is 16.7. The number of benzene rings is 1. The third-order valence-electron chi connectivity index (χ3n) is 3.96. The third kappa shape index (κ3) is 6.56. The average Bonchev–Trinajstić information content (AvgIpc) is 3.15. The molecular weight excluding hydrogens is 378 g/mol. The van der Waals surface area contributed by atoms with Crippen LogP contribution in [0.1, 0.15) is 28.6 Å². The maximum Gasteiger partial charge on any atom is 0.257 e. The number of likely N-dealkylation sites (N-methyl/N-ethyl adjacent to an activating group) is 1. The minimum absolute atomic E-state index is 0.115. The molecular formula is C20H25N3O6. The molecule has 0 saturated carbocycles. The van der Waals surface area contributed by atoms with Gasteiger partial charge in [-0.05, 0) is 37.6 Å². The lowest BCUT2D eigenvalue weighted by Crippen LogP contribution is -2.36. The van der Waals surface area contributed by atoms with Crippen LogP contribution in [0.25, 0.3) is 0 Å². The molecule has 2 rings (SSSR count). The first-order valence-corrected chi connectivity index (χ1v) is 9.10. The molecule has 0 aliphatic carbocycles. The zero-order chi connectivity index (χ0) is 21.2. The van der Waals surface area contributed by atoms with Gasteiger partial charge in [0.2, 0.25) is 5.91 Å². The number of amides is 3. The summed E-state index contributed by atoms with van der Waals surface area (Å²) >= 11 is 0. The number of nitrogens with one attached hydrogen (secondary N) is 3. The molecule has 9 heteroatoms. The molecule has 0 saturated heterocycles. The predicted octanol–water partition coefficient (Wildman–Crippen LogP) is 1.16. The highest BCUT2D eigenvalue weighted by molar-refractivity contribution is 5.97. The number of methoxy groups -OCH3 is 1. The van der Waals surface area contributed by atoms with Crippen molar-refractivity contribution in [2.45, 2.75) is 20.4 Å². The fourth-order valence-electron chi connectivity index (χ4n) is 2.47. The molecule has 9 nitrogen and oxygen atoms in total. The maximum absolute atomic E-state index is 12.0. The summed E-state index contributed by atoms with van der Waals surface area (Å²) in [5, 5.41) is 7.89. The van der Waals surface area contributed by atoms with Crippen molar-refractivity contribution in [1.82, 2.24) is 16.0 Å². The number of carbonyl (C=O) groups is 3. The van der Waals surface area contributed by atoms with Crippen LogP contribution in [-0.4, -0.2) is 44.5 Å². The lowest BCUT2D eigenvalue weighted by atomic mass is 10.2. The smallest absolute Gasteiger partial charge is 0.257 e. The summed E-state index contributed by atoms with van der Waals surface area (Å²) in [6.07, 6.45) is 1.42. The quantitative estimate of drug-likeness (QED) is 0.548. The Balaban J connectivity index is 1.83. The first-order chi connectivity index (χ1) is 13.9. The predicted molar refractivity (Wildman–Crippen MR) is 105 cm³/mol. The van der Waals surface area contributed by atoms with Gasteiger partial charge in [0.25, 0.3) is 11.8 Å². The summed E-state index contributed by atoms with van der Waals surface area (Å²) in [5.41, 5.74) is 1.17.